The lowest BCUT2D eigenvalue weighted by Gasteiger charge is -2.16. The second-order valence-corrected chi connectivity index (χ2v) is 3.95. The summed E-state index contributed by atoms with van der Waals surface area (Å²) in [6, 6.07) is 7.70. The lowest BCUT2D eigenvalue weighted by Crippen LogP contribution is -2.09. The van der Waals surface area contributed by atoms with Crippen LogP contribution in [0.4, 0.5) is 0 Å². The summed E-state index contributed by atoms with van der Waals surface area (Å²) in [7, 11) is 0. The van der Waals surface area contributed by atoms with Crippen LogP contribution in [0.5, 0.6) is 0 Å². The number of hydrogen-bond donors (Lipinski definition) is 1. The van der Waals surface area contributed by atoms with Gasteiger partial charge < -0.3 is 9.67 Å². The van der Waals surface area contributed by atoms with E-state index >= 15 is 0 Å². The third kappa shape index (κ3) is 2.19. The molecule has 0 bridgehead atoms. The van der Waals surface area contributed by atoms with E-state index in [1.54, 1.807) is 6.20 Å². The van der Waals surface area contributed by atoms with Crippen molar-refractivity contribution in [2.45, 2.75) is 32.4 Å². The van der Waals surface area contributed by atoms with E-state index in [9.17, 15) is 5.11 Å². The highest BCUT2D eigenvalue weighted by atomic mass is 16.3. The molecule has 0 fully saturated rings. The zero-order chi connectivity index (χ0) is 11.4. The monoisotopic (exact) mass is 217 g/mol. The topological polar surface area (TPSA) is 38.0 Å². The molecule has 0 spiro atoms. The SMILES string of the molecule is CCCCn1ccnc1C(O)c1cc[cH-]c1. The Hall–Kier alpha value is -1.48. The summed E-state index contributed by atoms with van der Waals surface area (Å²) in [5, 5.41) is 10.2. The maximum absolute atomic E-state index is 10.2. The number of aromatic nitrogens is 2. The van der Waals surface area contributed by atoms with Gasteiger partial charge in [0, 0.05) is 18.9 Å². The molecule has 1 aromatic carbocycles. The van der Waals surface area contributed by atoms with Crippen LogP contribution in [-0.4, -0.2) is 14.7 Å². The highest BCUT2D eigenvalue weighted by Gasteiger charge is 2.10. The Morgan fingerprint density at radius 3 is 3.12 bits per heavy atom. The first-order chi connectivity index (χ1) is 7.83. The molecule has 0 radical (unpaired) electrons. The molecule has 0 aliphatic rings. The molecule has 16 heavy (non-hydrogen) atoms. The van der Waals surface area contributed by atoms with Gasteiger partial charge in [-0.3, -0.25) is 0 Å². The van der Waals surface area contributed by atoms with Crippen molar-refractivity contribution in [3.63, 3.8) is 0 Å². The van der Waals surface area contributed by atoms with Crippen molar-refractivity contribution in [2.75, 3.05) is 0 Å². The van der Waals surface area contributed by atoms with Gasteiger partial charge in [0.2, 0.25) is 0 Å². The summed E-state index contributed by atoms with van der Waals surface area (Å²) in [6.07, 6.45) is 5.32. The number of aliphatic hydroxyl groups excluding tert-OH is 1. The van der Waals surface area contributed by atoms with Crippen molar-refractivity contribution in [3.8, 4) is 0 Å². The predicted octanol–water partition coefficient (Wildman–Crippen LogP) is 2.48. The Kier molecular flexibility index (Phi) is 3.47. The standard InChI is InChI=1S/C13H17N2O/c1-2-3-9-15-10-8-14-13(15)12(16)11-6-4-5-7-11/h4-8,10,12,16H,2-3,9H2,1H3/q-1. The number of aryl methyl sites for hydroxylation is 1. The lowest BCUT2D eigenvalue weighted by molar-refractivity contribution is 0.204. The first-order valence-corrected chi connectivity index (χ1v) is 5.73. The number of rotatable bonds is 5. The van der Waals surface area contributed by atoms with E-state index in [-0.39, 0.29) is 0 Å². The van der Waals surface area contributed by atoms with E-state index in [0.717, 1.165) is 30.8 Å². The van der Waals surface area contributed by atoms with Gasteiger partial charge in [0.05, 0.1) is 6.10 Å². The Morgan fingerprint density at radius 1 is 1.56 bits per heavy atom. The minimum absolute atomic E-state index is 0.609. The number of nitrogens with zero attached hydrogens (tertiary/aromatic N) is 2. The molecule has 0 aliphatic heterocycles. The summed E-state index contributed by atoms with van der Waals surface area (Å²) in [5.74, 6) is 0.736. The molecule has 2 rings (SSSR count). The third-order valence-corrected chi connectivity index (χ3v) is 2.75. The van der Waals surface area contributed by atoms with Crippen LogP contribution in [0.3, 0.4) is 0 Å². The molecule has 1 heterocycles. The minimum atomic E-state index is -0.609. The molecular weight excluding hydrogens is 200 g/mol. The van der Waals surface area contributed by atoms with Gasteiger partial charge >= 0.3 is 0 Å². The van der Waals surface area contributed by atoms with Gasteiger partial charge in [-0.2, -0.15) is 23.8 Å². The van der Waals surface area contributed by atoms with Crippen LogP contribution in [0, 0.1) is 0 Å². The Morgan fingerprint density at radius 2 is 2.44 bits per heavy atom. The highest BCUT2D eigenvalue weighted by molar-refractivity contribution is 5.24. The van der Waals surface area contributed by atoms with Crippen LogP contribution in [0.15, 0.2) is 36.7 Å². The molecule has 3 heteroatoms. The van der Waals surface area contributed by atoms with Crippen LogP contribution < -0.4 is 0 Å². The van der Waals surface area contributed by atoms with Crippen LogP contribution in [0.25, 0.3) is 0 Å². The molecule has 0 saturated heterocycles. The van der Waals surface area contributed by atoms with E-state index in [0.29, 0.717) is 0 Å². The molecule has 1 unspecified atom stereocenters. The van der Waals surface area contributed by atoms with Gasteiger partial charge in [0.25, 0.3) is 0 Å². The van der Waals surface area contributed by atoms with E-state index in [2.05, 4.69) is 11.9 Å². The van der Waals surface area contributed by atoms with Gasteiger partial charge in [0.15, 0.2) is 0 Å². The van der Waals surface area contributed by atoms with Gasteiger partial charge in [-0.25, -0.2) is 11.1 Å². The van der Waals surface area contributed by atoms with Crippen LogP contribution in [0.1, 0.15) is 37.3 Å². The normalized spacial score (nSPS) is 12.9. The van der Waals surface area contributed by atoms with Crippen LogP contribution >= 0.6 is 0 Å². The van der Waals surface area contributed by atoms with Crippen molar-refractivity contribution in [1.29, 1.82) is 0 Å². The van der Waals surface area contributed by atoms with E-state index in [1.807, 2.05) is 35.0 Å². The van der Waals surface area contributed by atoms with E-state index in [1.165, 1.54) is 0 Å². The number of unbranched alkanes of at least 4 members (excludes halogenated alkanes) is 1. The first-order valence-electron chi connectivity index (χ1n) is 5.73. The maximum atomic E-state index is 10.2. The quantitative estimate of drug-likeness (QED) is 0.781. The predicted molar refractivity (Wildman–Crippen MR) is 63.2 cm³/mol. The summed E-state index contributed by atoms with van der Waals surface area (Å²) in [6.45, 7) is 3.08. The smallest absolute Gasteiger partial charge is 0.129 e. The van der Waals surface area contributed by atoms with Crippen LogP contribution in [0.2, 0.25) is 0 Å². The van der Waals surface area contributed by atoms with Gasteiger partial charge in [-0.1, -0.05) is 13.3 Å². The average molecular weight is 217 g/mol. The van der Waals surface area contributed by atoms with E-state index in [4.69, 9.17) is 0 Å². The van der Waals surface area contributed by atoms with Gasteiger partial charge in [0.1, 0.15) is 5.82 Å². The zero-order valence-electron chi connectivity index (χ0n) is 9.50. The first kappa shape index (κ1) is 11.0. The lowest BCUT2D eigenvalue weighted by atomic mass is 10.2. The Balaban J connectivity index is 2.17. The molecule has 0 amide bonds. The van der Waals surface area contributed by atoms with Crippen molar-refractivity contribution >= 4 is 0 Å². The van der Waals surface area contributed by atoms with E-state index < -0.39 is 6.10 Å². The van der Waals surface area contributed by atoms with Crippen LogP contribution in [-0.2, 0) is 6.54 Å². The molecular formula is C13H17N2O-. The van der Waals surface area contributed by atoms with Crippen molar-refractivity contribution in [1.82, 2.24) is 9.55 Å². The largest absolute Gasteiger partial charge is 0.394 e. The fourth-order valence-electron chi connectivity index (χ4n) is 1.81. The maximum Gasteiger partial charge on any atom is 0.129 e. The summed E-state index contributed by atoms with van der Waals surface area (Å²) >= 11 is 0. The molecule has 1 aromatic heterocycles. The molecule has 2 aromatic rings. The fraction of sp³-hybridized carbons (Fsp3) is 0.385. The Labute approximate surface area is 95.7 Å². The third-order valence-electron chi connectivity index (χ3n) is 2.75. The molecule has 1 atom stereocenters. The molecule has 0 aliphatic carbocycles. The van der Waals surface area contributed by atoms with Crippen molar-refractivity contribution < 1.29 is 5.11 Å². The summed E-state index contributed by atoms with van der Waals surface area (Å²) < 4.78 is 2.03. The fourth-order valence-corrected chi connectivity index (χ4v) is 1.81. The highest BCUT2D eigenvalue weighted by Crippen LogP contribution is 2.20. The van der Waals surface area contributed by atoms with Crippen molar-refractivity contribution in [3.05, 3.63) is 48.0 Å². The minimum Gasteiger partial charge on any atom is -0.394 e. The molecule has 86 valence electrons. The zero-order valence-corrected chi connectivity index (χ0v) is 9.50. The molecule has 1 N–H and O–H groups in total. The van der Waals surface area contributed by atoms with Gasteiger partial charge in [-0.05, 0) is 6.42 Å². The average Bonchev–Trinajstić information content (AvgIpc) is 2.96. The number of aliphatic hydroxyl groups is 1. The number of hydrogen-bond acceptors (Lipinski definition) is 2. The summed E-state index contributed by atoms with van der Waals surface area (Å²) in [4.78, 5) is 4.24. The second-order valence-electron chi connectivity index (χ2n) is 3.95. The molecule has 0 saturated carbocycles. The second kappa shape index (κ2) is 5.03. The van der Waals surface area contributed by atoms with Gasteiger partial charge in [-0.15, -0.1) is 0 Å². The van der Waals surface area contributed by atoms with Crippen molar-refractivity contribution in [2.24, 2.45) is 0 Å². The summed E-state index contributed by atoms with van der Waals surface area (Å²) in [5.41, 5.74) is 0.906. The molecule has 3 nitrogen and oxygen atoms in total. The number of imidazole rings is 1. The Bertz CT molecular complexity index is 417.